The summed E-state index contributed by atoms with van der Waals surface area (Å²) in [5, 5.41) is 29.5. The molecule has 0 atom stereocenters. The molecule has 1 saturated heterocycles. The van der Waals surface area contributed by atoms with Gasteiger partial charge in [0.05, 0.1) is 30.4 Å². The Morgan fingerprint density at radius 3 is 1.66 bits per heavy atom. The lowest BCUT2D eigenvalue weighted by atomic mass is 9.71. The van der Waals surface area contributed by atoms with Gasteiger partial charge in [-0.3, -0.25) is 0 Å². The normalized spacial score (nSPS) is 20.4. The van der Waals surface area contributed by atoms with Gasteiger partial charge in [-0.1, -0.05) is 53.7 Å². The number of hydrogen-bond donors (Lipinski definition) is 1. The van der Waals surface area contributed by atoms with Crippen LogP contribution in [0.15, 0.2) is 78.0 Å². The molecule has 1 fully saturated rings. The number of halogens is 6. The Bertz CT molecular complexity index is 1260. The monoisotopic (exact) mass is 580 g/mol. The first-order valence-electron chi connectivity index (χ1n) is 13.1. The molecular formula is C30H30F6N2O3. The molecule has 4 rings (SSSR count). The second-order valence-electron chi connectivity index (χ2n) is 10.2. The molecule has 1 aliphatic heterocycles. The smallest absolute Gasteiger partial charge is 0.416 e. The minimum Gasteiger partial charge on any atom is -0.633 e. The summed E-state index contributed by atoms with van der Waals surface area (Å²) in [6, 6.07) is 15.2. The molecule has 0 radical (unpaired) electrons. The quantitative estimate of drug-likeness (QED) is 0.100. The first kappa shape index (κ1) is 30.5. The Hall–Kier alpha value is -3.41. The van der Waals surface area contributed by atoms with Gasteiger partial charge in [0.2, 0.25) is 0 Å². The maximum atomic E-state index is 13.6. The van der Waals surface area contributed by atoms with Crippen LogP contribution in [0.4, 0.5) is 26.3 Å². The van der Waals surface area contributed by atoms with Crippen LogP contribution in [0.2, 0.25) is 0 Å². The third-order valence-corrected chi connectivity index (χ3v) is 7.52. The van der Waals surface area contributed by atoms with Crippen molar-refractivity contribution in [2.75, 3.05) is 19.7 Å². The van der Waals surface area contributed by atoms with Crippen molar-refractivity contribution in [3.63, 3.8) is 0 Å². The fourth-order valence-electron chi connectivity index (χ4n) is 5.29. The van der Waals surface area contributed by atoms with E-state index >= 15 is 0 Å². The molecule has 5 nitrogen and oxygen atoms in total. The average molecular weight is 581 g/mol. The minimum atomic E-state index is -4.59. The van der Waals surface area contributed by atoms with E-state index < -0.39 is 39.6 Å². The van der Waals surface area contributed by atoms with Gasteiger partial charge in [0, 0.05) is 24.3 Å². The summed E-state index contributed by atoms with van der Waals surface area (Å²) in [4.78, 5) is 4.94. The summed E-state index contributed by atoms with van der Waals surface area (Å²) in [6.07, 6.45) is -7.21. The second-order valence-corrected chi connectivity index (χ2v) is 10.2. The summed E-state index contributed by atoms with van der Waals surface area (Å²) in [7, 11) is 0. The van der Waals surface area contributed by atoms with Crippen LogP contribution < -0.4 is 0 Å². The van der Waals surface area contributed by atoms with Gasteiger partial charge >= 0.3 is 12.4 Å². The van der Waals surface area contributed by atoms with E-state index in [1.54, 1.807) is 6.21 Å². The van der Waals surface area contributed by atoms with Gasteiger partial charge in [0.1, 0.15) is 18.8 Å². The van der Waals surface area contributed by atoms with Crippen LogP contribution in [0.5, 0.6) is 0 Å². The van der Waals surface area contributed by atoms with E-state index in [1.165, 1.54) is 0 Å². The molecule has 1 N–H and O–H groups in total. The molecule has 0 aromatic heterocycles. The van der Waals surface area contributed by atoms with E-state index in [9.17, 15) is 36.7 Å². The number of benzene rings is 3. The molecule has 0 amide bonds. The Morgan fingerprint density at radius 2 is 1.24 bits per heavy atom. The van der Waals surface area contributed by atoms with Gasteiger partial charge in [-0.05, 0) is 47.9 Å². The zero-order chi connectivity index (χ0) is 29.9. The maximum Gasteiger partial charge on any atom is 0.416 e. The van der Waals surface area contributed by atoms with Crippen molar-refractivity contribution in [1.29, 1.82) is 0 Å². The highest BCUT2D eigenvalue weighted by Gasteiger charge is 2.45. The number of oxime groups is 1. The van der Waals surface area contributed by atoms with Crippen molar-refractivity contribution in [1.82, 2.24) is 0 Å². The Kier molecular flexibility index (Phi) is 8.81. The van der Waals surface area contributed by atoms with Gasteiger partial charge in [-0.2, -0.15) is 26.3 Å². The highest BCUT2D eigenvalue weighted by molar-refractivity contribution is 5.79. The first-order valence-corrected chi connectivity index (χ1v) is 13.1. The largest absolute Gasteiger partial charge is 0.633 e. The van der Waals surface area contributed by atoms with Crippen LogP contribution in [0, 0.1) is 11.1 Å². The predicted molar refractivity (Wildman–Crippen MR) is 141 cm³/mol. The molecule has 3 aromatic carbocycles. The summed E-state index contributed by atoms with van der Waals surface area (Å²) in [5.74, 6) is -0.617. The van der Waals surface area contributed by atoms with E-state index in [0.717, 1.165) is 59.7 Å². The number of hydrogen-bond acceptors (Lipinski definition) is 4. The van der Waals surface area contributed by atoms with Crippen molar-refractivity contribution < 1.29 is 40.9 Å². The third kappa shape index (κ3) is 7.09. The van der Waals surface area contributed by atoms with E-state index in [2.05, 4.69) is 5.16 Å². The molecule has 3 aromatic rings. The van der Waals surface area contributed by atoms with Gasteiger partial charge in [0.15, 0.2) is 0 Å². The van der Waals surface area contributed by atoms with E-state index in [1.807, 2.05) is 31.2 Å². The maximum absolute atomic E-state index is 13.6. The molecule has 0 spiro atoms. The summed E-state index contributed by atoms with van der Waals surface area (Å²) >= 11 is 0. The Morgan fingerprint density at radius 1 is 0.805 bits per heavy atom. The van der Waals surface area contributed by atoms with Crippen molar-refractivity contribution in [2.45, 2.75) is 44.3 Å². The van der Waals surface area contributed by atoms with Crippen molar-refractivity contribution in [2.24, 2.45) is 11.1 Å². The number of alkyl halides is 6. The predicted octanol–water partition coefficient (Wildman–Crippen LogP) is 7.26. The number of piperidine rings is 1. The van der Waals surface area contributed by atoms with Crippen LogP contribution in [0.1, 0.15) is 53.1 Å². The number of rotatable bonds is 8. The summed E-state index contributed by atoms with van der Waals surface area (Å²) in [6.45, 7) is 2.66. The number of hydroxylamine groups is 3. The molecule has 0 aliphatic carbocycles. The Labute approximate surface area is 233 Å². The van der Waals surface area contributed by atoms with Crippen molar-refractivity contribution in [3.8, 4) is 0 Å². The molecule has 11 heteroatoms. The van der Waals surface area contributed by atoms with E-state index in [0.29, 0.717) is 6.61 Å². The molecule has 1 aliphatic rings. The molecule has 1 heterocycles. The van der Waals surface area contributed by atoms with Crippen LogP contribution in [-0.4, -0.2) is 35.7 Å². The highest BCUT2D eigenvalue weighted by Crippen LogP contribution is 2.45. The topological polar surface area (TPSA) is 64.9 Å². The lowest BCUT2D eigenvalue weighted by Crippen LogP contribution is -2.51. The summed E-state index contributed by atoms with van der Waals surface area (Å²) < 4.78 is 78.6. The zero-order valence-electron chi connectivity index (χ0n) is 22.3. The molecular weight excluding hydrogens is 550 g/mol. The van der Waals surface area contributed by atoms with Gasteiger partial charge in [0.25, 0.3) is 0 Å². The van der Waals surface area contributed by atoms with Crippen molar-refractivity contribution in [3.05, 3.63) is 111 Å². The fraction of sp³-hybridized carbons (Fsp3) is 0.367. The standard InChI is InChI=1S/C30H30F6N2O3/c1-2-41-37-19-21-3-5-22(6-4-21)20-38(40)17-15-25(16-18-38)28(39,23-7-11-26(12-8-23)29(31,32)33)24-9-13-27(14-10-24)30(34,35)36/h3-14,19,25,39H,2,15-18,20H2,1H3. The first-order chi connectivity index (χ1) is 19.2. The molecule has 220 valence electrons. The second kappa shape index (κ2) is 11.8. The zero-order valence-corrected chi connectivity index (χ0v) is 22.3. The highest BCUT2D eigenvalue weighted by atomic mass is 19.4. The van der Waals surface area contributed by atoms with Crippen LogP contribution >= 0.6 is 0 Å². The van der Waals surface area contributed by atoms with E-state index in [-0.39, 0.29) is 43.6 Å². The number of likely N-dealkylation sites (tertiary alicyclic amines) is 1. The van der Waals surface area contributed by atoms with E-state index in [4.69, 9.17) is 4.84 Å². The van der Waals surface area contributed by atoms with Crippen LogP contribution in [-0.2, 0) is 29.3 Å². The van der Waals surface area contributed by atoms with Gasteiger partial charge in [-0.15, -0.1) is 0 Å². The SMILES string of the molecule is CCON=Cc1ccc(C[N+]2([O-])CCC(C(O)(c3ccc(C(F)(F)F)cc3)c3ccc(C(F)(F)F)cc3)CC2)cc1. The molecule has 41 heavy (non-hydrogen) atoms. The van der Waals surface area contributed by atoms with Crippen LogP contribution in [0.3, 0.4) is 0 Å². The summed E-state index contributed by atoms with van der Waals surface area (Å²) in [5.41, 5.74) is -1.89. The lowest BCUT2D eigenvalue weighted by molar-refractivity contribution is -0.900. The van der Waals surface area contributed by atoms with Crippen molar-refractivity contribution >= 4 is 6.21 Å². The fourth-order valence-corrected chi connectivity index (χ4v) is 5.29. The molecule has 0 saturated carbocycles. The number of quaternary nitrogens is 1. The van der Waals surface area contributed by atoms with Gasteiger partial charge < -0.3 is 19.8 Å². The lowest BCUT2D eigenvalue weighted by Gasteiger charge is -2.50. The molecule has 0 bridgehead atoms. The van der Waals surface area contributed by atoms with Gasteiger partial charge in [-0.25, -0.2) is 0 Å². The Balaban J connectivity index is 1.57. The minimum absolute atomic E-state index is 0.113. The number of aliphatic hydroxyl groups is 1. The average Bonchev–Trinajstić information content (AvgIpc) is 2.93. The number of nitrogens with zero attached hydrogens (tertiary/aromatic N) is 2. The van der Waals surface area contributed by atoms with Crippen LogP contribution in [0.25, 0.3) is 0 Å². The third-order valence-electron chi connectivity index (χ3n) is 7.52. The molecule has 0 unspecified atom stereocenters.